The molecule has 2 aliphatic rings. The lowest BCUT2D eigenvalue weighted by atomic mass is 10.1. The first-order chi connectivity index (χ1) is 18.3. The molecule has 0 aromatic carbocycles. The van der Waals surface area contributed by atoms with Crippen molar-refractivity contribution >= 4 is 80.2 Å². The number of nitrogens with zero attached hydrogens (tertiary/aromatic N) is 2. The number of unbranched alkanes of at least 4 members (excludes halogenated alkanes) is 6. The average Bonchev–Trinajstić information content (AvgIpc) is 3.32. The van der Waals surface area contributed by atoms with Crippen LogP contribution in [0.15, 0.2) is 9.81 Å². The SMILES string of the molecule is CCCCNC(=O)CCCCCN1C(=O)C(=C2SC(=S)N(CCCCCC(=O)NCCCC)C2=O)SC1=S. The highest BCUT2D eigenvalue weighted by atomic mass is 32.2. The van der Waals surface area contributed by atoms with Crippen LogP contribution in [0, 0.1) is 0 Å². The quantitative estimate of drug-likeness (QED) is 0.131. The Bertz CT molecular complexity index is 853. The molecule has 2 rings (SSSR count). The molecule has 0 aliphatic carbocycles. The van der Waals surface area contributed by atoms with Gasteiger partial charge in [-0.1, -0.05) is 87.5 Å². The Morgan fingerprint density at radius 2 is 1.05 bits per heavy atom. The minimum Gasteiger partial charge on any atom is -0.356 e. The van der Waals surface area contributed by atoms with Crippen LogP contribution < -0.4 is 10.6 Å². The first-order valence-corrected chi connectivity index (χ1v) is 16.1. The molecule has 8 nitrogen and oxygen atoms in total. The lowest BCUT2D eigenvalue weighted by Gasteiger charge is -2.14. The summed E-state index contributed by atoms with van der Waals surface area (Å²) in [4.78, 5) is 53.6. The lowest BCUT2D eigenvalue weighted by molar-refractivity contribution is -0.124. The monoisotopic (exact) mass is 600 g/mol. The molecule has 4 amide bonds. The van der Waals surface area contributed by atoms with Crippen LogP contribution in [0.1, 0.15) is 90.9 Å². The molecular formula is C26H40N4O4S4. The second-order valence-electron chi connectivity index (χ2n) is 9.34. The highest BCUT2D eigenvalue weighted by Crippen LogP contribution is 2.42. The molecule has 2 fully saturated rings. The molecule has 0 bridgehead atoms. The molecule has 2 saturated heterocycles. The molecule has 2 N–H and O–H groups in total. The third-order valence-corrected chi connectivity index (χ3v) is 9.21. The van der Waals surface area contributed by atoms with E-state index in [4.69, 9.17) is 24.4 Å². The summed E-state index contributed by atoms with van der Waals surface area (Å²) < 4.78 is 0.898. The Kier molecular flexibility index (Phi) is 15.5. The second-order valence-corrected chi connectivity index (χ2v) is 12.6. The Morgan fingerprint density at radius 3 is 1.42 bits per heavy atom. The predicted octanol–water partition coefficient (Wildman–Crippen LogP) is 4.87. The summed E-state index contributed by atoms with van der Waals surface area (Å²) in [7, 11) is 0. The van der Waals surface area contributed by atoms with Gasteiger partial charge in [0.1, 0.15) is 8.64 Å². The van der Waals surface area contributed by atoms with E-state index in [1.165, 1.54) is 0 Å². The summed E-state index contributed by atoms with van der Waals surface area (Å²) in [5.41, 5.74) is 0. The number of amides is 4. The molecular weight excluding hydrogens is 561 g/mol. The van der Waals surface area contributed by atoms with E-state index >= 15 is 0 Å². The third-order valence-electron chi connectivity index (χ3n) is 6.18. The summed E-state index contributed by atoms with van der Waals surface area (Å²) in [6, 6.07) is 0. The molecule has 0 radical (unpaired) electrons. The number of hydrogen-bond donors (Lipinski definition) is 2. The van der Waals surface area contributed by atoms with E-state index in [1.54, 1.807) is 9.80 Å². The first-order valence-electron chi connectivity index (χ1n) is 13.6. The van der Waals surface area contributed by atoms with E-state index in [-0.39, 0.29) is 23.6 Å². The van der Waals surface area contributed by atoms with Crippen molar-refractivity contribution < 1.29 is 19.2 Å². The predicted molar refractivity (Wildman–Crippen MR) is 164 cm³/mol. The maximum atomic E-state index is 13.1. The molecule has 2 aliphatic heterocycles. The molecule has 2 heterocycles. The highest BCUT2D eigenvalue weighted by molar-refractivity contribution is 8.29. The molecule has 0 spiro atoms. The molecule has 0 atom stereocenters. The fourth-order valence-electron chi connectivity index (χ4n) is 3.91. The zero-order valence-corrected chi connectivity index (χ0v) is 25.7. The summed E-state index contributed by atoms with van der Waals surface area (Å²) in [5.74, 6) is -0.350. The van der Waals surface area contributed by atoms with Crippen LogP contribution in [0.25, 0.3) is 0 Å². The van der Waals surface area contributed by atoms with E-state index in [9.17, 15) is 19.2 Å². The van der Waals surface area contributed by atoms with Crippen molar-refractivity contribution in [3.05, 3.63) is 9.81 Å². The van der Waals surface area contributed by atoms with Crippen LogP contribution in [-0.2, 0) is 19.2 Å². The number of thiocarbonyl (C=S) groups is 2. The number of thioether (sulfide) groups is 2. The van der Waals surface area contributed by atoms with Crippen LogP contribution in [0.5, 0.6) is 0 Å². The van der Waals surface area contributed by atoms with Gasteiger partial charge in [-0.05, 0) is 38.5 Å². The van der Waals surface area contributed by atoms with Gasteiger partial charge in [0.25, 0.3) is 11.8 Å². The van der Waals surface area contributed by atoms with Crippen LogP contribution in [0.3, 0.4) is 0 Å². The van der Waals surface area contributed by atoms with Gasteiger partial charge in [0.15, 0.2) is 0 Å². The Balaban J connectivity index is 1.76. The summed E-state index contributed by atoms with van der Waals surface area (Å²) in [6.45, 7) is 6.55. The van der Waals surface area contributed by atoms with Gasteiger partial charge in [-0.15, -0.1) is 0 Å². The maximum Gasteiger partial charge on any atom is 0.267 e. The largest absolute Gasteiger partial charge is 0.356 e. The van der Waals surface area contributed by atoms with Crippen molar-refractivity contribution in [3.8, 4) is 0 Å². The van der Waals surface area contributed by atoms with Crippen molar-refractivity contribution in [2.24, 2.45) is 0 Å². The van der Waals surface area contributed by atoms with E-state index in [0.29, 0.717) is 44.4 Å². The summed E-state index contributed by atoms with van der Waals surface area (Å²) in [5, 5.41) is 5.82. The van der Waals surface area contributed by atoms with Crippen molar-refractivity contribution in [3.63, 3.8) is 0 Å². The smallest absolute Gasteiger partial charge is 0.267 e. The Hall–Kier alpha value is -1.50. The number of carbonyl (C=O) groups excluding carboxylic acids is 4. The number of rotatable bonds is 18. The fraction of sp³-hybridized carbons (Fsp3) is 0.692. The van der Waals surface area contributed by atoms with Gasteiger partial charge in [0.2, 0.25) is 11.8 Å². The molecule has 0 unspecified atom stereocenters. The Morgan fingerprint density at radius 1 is 0.658 bits per heavy atom. The molecule has 12 heteroatoms. The number of hydrogen-bond acceptors (Lipinski definition) is 8. The average molecular weight is 601 g/mol. The molecule has 212 valence electrons. The van der Waals surface area contributed by atoms with Crippen LogP contribution in [0.2, 0.25) is 0 Å². The van der Waals surface area contributed by atoms with Crippen molar-refractivity contribution in [2.45, 2.75) is 90.9 Å². The van der Waals surface area contributed by atoms with E-state index in [2.05, 4.69) is 24.5 Å². The van der Waals surface area contributed by atoms with Gasteiger partial charge < -0.3 is 10.6 Å². The van der Waals surface area contributed by atoms with E-state index in [0.717, 1.165) is 101 Å². The molecule has 38 heavy (non-hydrogen) atoms. The summed E-state index contributed by atoms with van der Waals surface area (Å²) >= 11 is 13.2. The highest BCUT2D eigenvalue weighted by Gasteiger charge is 2.41. The first kappa shape index (κ1) is 32.7. The fourth-order valence-corrected chi connectivity index (χ4v) is 6.68. The van der Waals surface area contributed by atoms with Gasteiger partial charge in [-0.25, -0.2) is 0 Å². The van der Waals surface area contributed by atoms with Crippen LogP contribution in [0.4, 0.5) is 0 Å². The van der Waals surface area contributed by atoms with Gasteiger partial charge in [0, 0.05) is 39.0 Å². The van der Waals surface area contributed by atoms with E-state index in [1.807, 2.05) is 0 Å². The topological polar surface area (TPSA) is 98.8 Å². The van der Waals surface area contributed by atoms with Gasteiger partial charge in [-0.2, -0.15) is 0 Å². The maximum absolute atomic E-state index is 13.1. The lowest BCUT2D eigenvalue weighted by Crippen LogP contribution is -2.31. The molecule has 0 aromatic rings. The van der Waals surface area contributed by atoms with Crippen molar-refractivity contribution in [1.82, 2.24) is 20.4 Å². The molecule has 0 saturated carbocycles. The number of nitrogens with one attached hydrogen (secondary N) is 2. The molecule has 0 aromatic heterocycles. The Labute approximate surface area is 245 Å². The minimum atomic E-state index is -0.244. The zero-order valence-electron chi connectivity index (χ0n) is 22.5. The van der Waals surface area contributed by atoms with Crippen LogP contribution >= 0.6 is 48.0 Å². The van der Waals surface area contributed by atoms with Gasteiger partial charge in [0.05, 0.1) is 9.81 Å². The van der Waals surface area contributed by atoms with Crippen molar-refractivity contribution in [2.75, 3.05) is 26.2 Å². The van der Waals surface area contributed by atoms with Gasteiger partial charge in [-0.3, -0.25) is 29.0 Å². The second kappa shape index (κ2) is 18.0. The summed E-state index contributed by atoms with van der Waals surface area (Å²) in [6.07, 6.45) is 9.66. The number of carbonyl (C=O) groups is 4. The van der Waals surface area contributed by atoms with Crippen molar-refractivity contribution in [1.29, 1.82) is 0 Å². The van der Waals surface area contributed by atoms with Crippen LogP contribution in [-0.4, -0.2) is 68.2 Å². The standard InChI is InChI=1S/C26H40N4O4S4/c1-3-5-15-27-19(31)13-9-7-11-17-29-23(33)21(37-25(29)35)22-24(34)30(26(36)38-22)18-12-8-10-14-20(32)28-16-6-4-2/h3-18H2,1-2H3,(H,27,31)(H,28,32). The zero-order chi connectivity index (χ0) is 27.9. The normalized spacial score (nSPS) is 17.6. The minimum absolute atomic E-state index is 0.0685. The van der Waals surface area contributed by atoms with Gasteiger partial charge >= 0.3 is 0 Å². The third kappa shape index (κ3) is 10.6. The van der Waals surface area contributed by atoms with E-state index < -0.39 is 0 Å².